The molecule has 2 atom stereocenters. The van der Waals surface area contributed by atoms with Gasteiger partial charge >= 0.3 is 11.9 Å². The summed E-state index contributed by atoms with van der Waals surface area (Å²) < 4.78 is 10.3. The van der Waals surface area contributed by atoms with E-state index >= 15 is 0 Å². The molecule has 0 aromatic heterocycles. The second kappa shape index (κ2) is 10.4. The average Bonchev–Trinajstić information content (AvgIpc) is 2.36. The van der Waals surface area contributed by atoms with Crippen LogP contribution in [0.15, 0.2) is 0 Å². The molecule has 0 aliphatic heterocycles. The molecule has 0 rings (SSSR count). The maximum absolute atomic E-state index is 11.5. The minimum atomic E-state index is -0.408. The summed E-state index contributed by atoms with van der Waals surface area (Å²) in [5.41, 5.74) is 0. The van der Waals surface area contributed by atoms with Crippen LogP contribution in [0.3, 0.4) is 0 Å². The number of hydrogen-bond donors (Lipinski definition) is 0. The van der Waals surface area contributed by atoms with Gasteiger partial charge in [-0.25, -0.2) is 0 Å². The van der Waals surface area contributed by atoms with Crippen LogP contribution in [0.2, 0.25) is 0 Å². The highest BCUT2D eigenvalue weighted by Crippen LogP contribution is 2.06. The van der Waals surface area contributed by atoms with Crippen LogP contribution in [0.1, 0.15) is 59.8 Å². The molecule has 0 N–H and O–H groups in total. The normalized spacial score (nSPS) is 12.8. The van der Waals surface area contributed by atoms with Gasteiger partial charge in [0.25, 0.3) is 0 Å². The van der Waals surface area contributed by atoms with Gasteiger partial charge in [0.1, 0.15) is 0 Å². The van der Waals surface area contributed by atoms with Gasteiger partial charge in [-0.05, 0) is 26.7 Å². The zero-order valence-corrected chi connectivity index (χ0v) is 12.3. The highest BCUT2D eigenvalue weighted by Gasteiger charge is 2.14. The molecule has 108 valence electrons. The molecule has 0 radical (unpaired) electrons. The van der Waals surface area contributed by atoms with E-state index in [-0.39, 0.29) is 31.0 Å². The summed E-state index contributed by atoms with van der Waals surface area (Å²) in [6.45, 7) is 7.47. The Balaban J connectivity index is 3.94. The molecule has 0 aliphatic carbocycles. The quantitative estimate of drug-likeness (QED) is 0.502. The third kappa shape index (κ3) is 9.12. The summed E-state index contributed by atoms with van der Waals surface area (Å²) >= 11 is 0. The molecular weight excluding hydrogens is 244 g/mol. The first-order valence-corrected chi connectivity index (χ1v) is 6.84. The van der Waals surface area contributed by atoms with E-state index in [4.69, 9.17) is 9.47 Å². The van der Waals surface area contributed by atoms with E-state index in [1.165, 1.54) is 0 Å². The molecule has 0 amide bonds. The first kappa shape index (κ1) is 17.5. The van der Waals surface area contributed by atoms with Crippen molar-refractivity contribution in [1.29, 1.82) is 0 Å². The predicted octanol–water partition coefficient (Wildman–Crippen LogP) is 2.84. The Labute approximate surface area is 115 Å². The van der Waals surface area contributed by atoms with Crippen molar-refractivity contribution in [1.82, 2.24) is 0 Å². The van der Waals surface area contributed by atoms with Crippen LogP contribution in [0.5, 0.6) is 0 Å². The van der Waals surface area contributed by atoms with Crippen molar-refractivity contribution in [3.63, 3.8) is 0 Å². The SMILES string of the molecule is CC#CC(CC)OC(=O)CCC(=O)OC(C)CCC. The molecule has 0 bridgehead atoms. The monoisotopic (exact) mass is 268 g/mol. The van der Waals surface area contributed by atoms with Crippen molar-refractivity contribution >= 4 is 11.9 Å². The number of carbonyl (C=O) groups is 2. The topological polar surface area (TPSA) is 52.6 Å². The lowest BCUT2D eigenvalue weighted by atomic mass is 10.2. The van der Waals surface area contributed by atoms with Crippen LogP contribution < -0.4 is 0 Å². The fraction of sp³-hybridized carbons (Fsp3) is 0.733. The molecule has 0 aromatic rings. The Hall–Kier alpha value is -1.50. The summed E-state index contributed by atoms with van der Waals surface area (Å²) in [4.78, 5) is 23.0. The molecule has 19 heavy (non-hydrogen) atoms. The molecular formula is C15H24O4. The Morgan fingerprint density at radius 1 is 1.11 bits per heavy atom. The van der Waals surface area contributed by atoms with Gasteiger partial charge in [-0.15, -0.1) is 5.92 Å². The average molecular weight is 268 g/mol. The van der Waals surface area contributed by atoms with Gasteiger partial charge in [0.05, 0.1) is 18.9 Å². The lowest BCUT2D eigenvalue weighted by Crippen LogP contribution is -2.19. The first-order valence-electron chi connectivity index (χ1n) is 6.84. The largest absolute Gasteiger partial charge is 0.463 e. The fourth-order valence-corrected chi connectivity index (χ4v) is 1.55. The van der Waals surface area contributed by atoms with Crippen LogP contribution >= 0.6 is 0 Å². The van der Waals surface area contributed by atoms with Gasteiger partial charge in [-0.1, -0.05) is 26.2 Å². The smallest absolute Gasteiger partial charge is 0.307 e. The van der Waals surface area contributed by atoms with Crippen LogP contribution in [0.4, 0.5) is 0 Å². The molecule has 2 unspecified atom stereocenters. The van der Waals surface area contributed by atoms with Gasteiger partial charge < -0.3 is 9.47 Å². The standard InChI is InChI=1S/C15H24O4/c1-5-8-12(4)18-14(16)10-11-15(17)19-13(7-3)9-6-2/h12-13H,5,7-8,10-11H2,1-4H3. The molecule has 4 nitrogen and oxygen atoms in total. The molecule has 0 aromatic carbocycles. The second-order valence-electron chi connectivity index (χ2n) is 4.37. The maximum atomic E-state index is 11.5. The van der Waals surface area contributed by atoms with Crippen molar-refractivity contribution in [2.45, 2.75) is 72.0 Å². The van der Waals surface area contributed by atoms with Crippen molar-refractivity contribution in [2.24, 2.45) is 0 Å². The van der Waals surface area contributed by atoms with Gasteiger partial charge in [0.2, 0.25) is 0 Å². The van der Waals surface area contributed by atoms with Gasteiger partial charge in [0.15, 0.2) is 6.10 Å². The van der Waals surface area contributed by atoms with Crippen molar-refractivity contribution in [3.8, 4) is 11.8 Å². The van der Waals surface area contributed by atoms with Crippen LogP contribution in [-0.2, 0) is 19.1 Å². The fourth-order valence-electron chi connectivity index (χ4n) is 1.55. The van der Waals surface area contributed by atoms with Crippen molar-refractivity contribution in [3.05, 3.63) is 0 Å². The van der Waals surface area contributed by atoms with Gasteiger partial charge in [-0.2, -0.15) is 0 Å². The van der Waals surface area contributed by atoms with E-state index in [1.807, 2.05) is 20.8 Å². The number of esters is 2. The zero-order valence-electron chi connectivity index (χ0n) is 12.3. The van der Waals surface area contributed by atoms with E-state index in [9.17, 15) is 9.59 Å². The highest BCUT2D eigenvalue weighted by molar-refractivity contribution is 5.77. The molecule has 0 aliphatic rings. The number of rotatable bonds is 8. The van der Waals surface area contributed by atoms with E-state index in [0.717, 1.165) is 12.8 Å². The zero-order chi connectivity index (χ0) is 14.7. The molecule has 0 saturated carbocycles. The Bertz CT molecular complexity index is 338. The molecule has 4 heteroatoms. The summed E-state index contributed by atoms with van der Waals surface area (Å²) in [7, 11) is 0. The third-order valence-corrected chi connectivity index (χ3v) is 2.51. The van der Waals surface area contributed by atoms with E-state index in [0.29, 0.717) is 6.42 Å². The highest BCUT2D eigenvalue weighted by atomic mass is 16.5. The minimum Gasteiger partial charge on any atom is -0.463 e. The Morgan fingerprint density at radius 3 is 2.16 bits per heavy atom. The maximum Gasteiger partial charge on any atom is 0.307 e. The lowest BCUT2D eigenvalue weighted by molar-refractivity contribution is -0.154. The van der Waals surface area contributed by atoms with Crippen LogP contribution in [0.25, 0.3) is 0 Å². The molecule has 0 fully saturated rings. The Kier molecular flexibility index (Phi) is 9.60. The Morgan fingerprint density at radius 2 is 1.68 bits per heavy atom. The lowest BCUT2D eigenvalue weighted by Gasteiger charge is -2.12. The van der Waals surface area contributed by atoms with E-state index in [2.05, 4.69) is 11.8 Å². The summed E-state index contributed by atoms with van der Waals surface area (Å²) in [6, 6.07) is 0. The third-order valence-electron chi connectivity index (χ3n) is 2.51. The predicted molar refractivity (Wildman–Crippen MR) is 73.3 cm³/mol. The van der Waals surface area contributed by atoms with Crippen molar-refractivity contribution < 1.29 is 19.1 Å². The van der Waals surface area contributed by atoms with E-state index < -0.39 is 5.97 Å². The first-order chi connectivity index (χ1) is 9.03. The second-order valence-corrected chi connectivity index (χ2v) is 4.37. The summed E-state index contributed by atoms with van der Waals surface area (Å²) in [6.07, 6.45) is 2.06. The number of hydrogen-bond acceptors (Lipinski definition) is 4. The van der Waals surface area contributed by atoms with Gasteiger partial charge in [-0.3, -0.25) is 9.59 Å². The summed E-state index contributed by atoms with van der Waals surface area (Å²) in [5, 5.41) is 0. The minimum absolute atomic E-state index is 0.0412. The van der Waals surface area contributed by atoms with Crippen molar-refractivity contribution in [2.75, 3.05) is 0 Å². The number of carbonyl (C=O) groups excluding carboxylic acids is 2. The van der Waals surface area contributed by atoms with Crippen LogP contribution in [-0.4, -0.2) is 24.1 Å². The van der Waals surface area contributed by atoms with Gasteiger partial charge in [0, 0.05) is 0 Å². The molecule has 0 saturated heterocycles. The van der Waals surface area contributed by atoms with E-state index in [1.54, 1.807) is 6.92 Å². The summed E-state index contributed by atoms with van der Waals surface area (Å²) in [5.74, 6) is 4.74. The van der Waals surface area contributed by atoms with Crippen LogP contribution in [0, 0.1) is 11.8 Å². The molecule has 0 heterocycles. The molecule has 0 spiro atoms. The number of ether oxygens (including phenoxy) is 2.